The fourth-order valence-electron chi connectivity index (χ4n) is 4.97. The number of nitrogens with zero attached hydrogens (tertiary/aromatic N) is 1. The van der Waals surface area contributed by atoms with E-state index in [1.54, 1.807) is 7.11 Å². The van der Waals surface area contributed by atoms with Crippen LogP contribution in [0.25, 0.3) is 5.57 Å². The molecule has 4 rings (SSSR count). The summed E-state index contributed by atoms with van der Waals surface area (Å²) < 4.78 is 17.9. The Balaban J connectivity index is 1.95. The zero-order valence-corrected chi connectivity index (χ0v) is 20.9. The molecule has 1 aromatic heterocycles. The fraction of sp³-hybridized carbons (Fsp3) is 0.310. The number of benzene rings is 2. The molecule has 0 spiro atoms. The number of aromatic nitrogens is 1. The normalized spacial score (nSPS) is 14.4. The summed E-state index contributed by atoms with van der Waals surface area (Å²) in [5.74, 6) is -0.361. The third-order valence-corrected chi connectivity index (χ3v) is 7.08. The molecule has 0 aliphatic heterocycles. The largest absolute Gasteiger partial charge is 0.497 e. The molecule has 6 heteroatoms. The zero-order valence-electron chi connectivity index (χ0n) is 20.9. The predicted molar refractivity (Wildman–Crippen MR) is 134 cm³/mol. The Morgan fingerprint density at radius 1 is 0.914 bits per heavy atom. The summed E-state index contributed by atoms with van der Waals surface area (Å²) in [6, 6.07) is 18.1. The van der Waals surface area contributed by atoms with Crippen LogP contribution in [0.3, 0.4) is 0 Å². The predicted octanol–water partition coefficient (Wildman–Crippen LogP) is 4.87. The highest BCUT2D eigenvalue weighted by Crippen LogP contribution is 2.43. The van der Waals surface area contributed by atoms with Gasteiger partial charge in [-0.05, 0) is 54.7 Å². The third-order valence-electron chi connectivity index (χ3n) is 7.08. The van der Waals surface area contributed by atoms with Crippen LogP contribution in [0.2, 0.25) is 0 Å². The second kappa shape index (κ2) is 9.82. The van der Waals surface area contributed by atoms with Crippen LogP contribution >= 0.6 is 0 Å². The van der Waals surface area contributed by atoms with E-state index in [4.69, 9.17) is 14.2 Å². The summed E-state index contributed by atoms with van der Waals surface area (Å²) in [5.41, 5.74) is 5.78. The highest BCUT2D eigenvalue weighted by Gasteiger charge is 2.50. The summed E-state index contributed by atoms with van der Waals surface area (Å²) >= 11 is 0. The molecule has 0 saturated heterocycles. The van der Waals surface area contributed by atoms with Crippen molar-refractivity contribution >= 4 is 17.5 Å². The number of ether oxygens (including phenoxy) is 3. The van der Waals surface area contributed by atoms with E-state index in [0.29, 0.717) is 6.54 Å². The summed E-state index contributed by atoms with van der Waals surface area (Å²) in [7, 11) is 4.28. The van der Waals surface area contributed by atoms with Crippen molar-refractivity contribution in [2.75, 3.05) is 21.3 Å². The van der Waals surface area contributed by atoms with E-state index in [1.165, 1.54) is 14.2 Å². The molecule has 0 amide bonds. The highest BCUT2D eigenvalue weighted by atomic mass is 16.5. The van der Waals surface area contributed by atoms with Crippen LogP contribution in [-0.2, 0) is 32.0 Å². The van der Waals surface area contributed by atoms with E-state index < -0.39 is 17.4 Å². The number of hydrogen-bond donors (Lipinski definition) is 0. The van der Waals surface area contributed by atoms with Crippen molar-refractivity contribution < 1.29 is 23.8 Å². The number of allylic oxidation sites excluding steroid dienone is 1. The summed E-state index contributed by atoms with van der Waals surface area (Å²) in [6.07, 6.45) is 2.38. The Bertz CT molecular complexity index is 1250. The molecule has 0 saturated carbocycles. The summed E-state index contributed by atoms with van der Waals surface area (Å²) in [6.45, 7) is 4.76. The second-order valence-electron chi connectivity index (χ2n) is 8.90. The Kier molecular flexibility index (Phi) is 6.83. The molecule has 1 aliphatic carbocycles. The van der Waals surface area contributed by atoms with E-state index >= 15 is 0 Å². The molecule has 0 unspecified atom stereocenters. The van der Waals surface area contributed by atoms with Gasteiger partial charge in [-0.3, -0.25) is 9.59 Å². The van der Waals surface area contributed by atoms with Crippen LogP contribution in [0, 0.1) is 19.3 Å². The van der Waals surface area contributed by atoms with Gasteiger partial charge in [0.25, 0.3) is 0 Å². The first-order chi connectivity index (χ1) is 16.9. The summed E-state index contributed by atoms with van der Waals surface area (Å²) in [4.78, 5) is 26.2. The van der Waals surface area contributed by atoms with Crippen molar-refractivity contribution in [3.8, 4) is 5.75 Å². The number of carbonyl (C=O) groups excluding carboxylic acids is 2. The van der Waals surface area contributed by atoms with Gasteiger partial charge in [0.1, 0.15) is 5.75 Å². The van der Waals surface area contributed by atoms with Crippen molar-refractivity contribution in [2.24, 2.45) is 5.41 Å². The first kappa shape index (κ1) is 24.3. The smallest absolute Gasteiger partial charge is 0.323 e. The average molecular weight is 474 g/mol. The second-order valence-corrected chi connectivity index (χ2v) is 8.90. The molecule has 2 aromatic carbocycles. The van der Waals surface area contributed by atoms with Crippen molar-refractivity contribution in [3.05, 3.63) is 94.3 Å². The van der Waals surface area contributed by atoms with Gasteiger partial charge in [-0.2, -0.15) is 0 Å². The molecule has 182 valence electrons. The molecule has 1 aliphatic rings. The molecule has 35 heavy (non-hydrogen) atoms. The van der Waals surface area contributed by atoms with E-state index in [-0.39, 0.29) is 12.8 Å². The quantitative estimate of drug-likeness (QED) is 0.377. The van der Waals surface area contributed by atoms with Crippen LogP contribution in [0.4, 0.5) is 0 Å². The molecule has 3 aromatic rings. The zero-order chi connectivity index (χ0) is 25.2. The molecule has 0 atom stereocenters. The van der Waals surface area contributed by atoms with Gasteiger partial charge in [0.05, 0.1) is 27.0 Å². The topological polar surface area (TPSA) is 66.8 Å². The lowest BCUT2D eigenvalue weighted by Crippen LogP contribution is -2.42. The highest BCUT2D eigenvalue weighted by molar-refractivity contribution is 6.01. The lowest BCUT2D eigenvalue weighted by molar-refractivity contribution is -0.168. The number of carbonyl (C=O) groups is 2. The monoisotopic (exact) mass is 473 g/mol. The molecule has 0 N–H and O–H groups in total. The molecule has 0 fully saturated rings. The summed E-state index contributed by atoms with van der Waals surface area (Å²) in [5, 5.41) is 0. The number of hydrogen-bond acceptors (Lipinski definition) is 5. The number of rotatable bonds is 6. The molecule has 6 nitrogen and oxygen atoms in total. The minimum Gasteiger partial charge on any atom is -0.497 e. The van der Waals surface area contributed by atoms with Crippen LogP contribution in [0.15, 0.2) is 60.7 Å². The van der Waals surface area contributed by atoms with Gasteiger partial charge in [-0.25, -0.2) is 0 Å². The third kappa shape index (κ3) is 4.25. The number of esters is 2. The first-order valence-corrected chi connectivity index (χ1v) is 11.6. The maximum absolute atomic E-state index is 13.1. The van der Waals surface area contributed by atoms with Crippen LogP contribution < -0.4 is 4.74 Å². The fourth-order valence-corrected chi connectivity index (χ4v) is 4.97. The van der Waals surface area contributed by atoms with Gasteiger partial charge in [0, 0.05) is 24.2 Å². The minimum atomic E-state index is -1.45. The van der Waals surface area contributed by atoms with Crippen LogP contribution in [0.5, 0.6) is 5.75 Å². The van der Waals surface area contributed by atoms with Crippen molar-refractivity contribution in [2.45, 2.75) is 33.2 Å². The van der Waals surface area contributed by atoms with Gasteiger partial charge >= 0.3 is 11.9 Å². The van der Waals surface area contributed by atoms with Gasteiger partial charge in [-0.1, -0.05) is 48.5 Å². The SMILES string of the molecule is COC(=O)C1(C(=O)OC)CC=C(c2ccccc2)c2c(c(C)c(C)n2Cc2ccc(OC)cc2)C1. The minimum absolute atomic E-state index is 0.187. The van der Waals surface area contributed by atoms with Crippen LogP contribution in [-0.4, -0.2) is 37.8 Å². The molecule has 0 bridgehead atoms. The van der Waals surface area contributed by atoms with Gasteiger partial charge in [0.2, 0.25) is 0 Å². The molecular formula is C29H31NO5. The lowest BCUT2D eigenvalue weighted by atomic mass is 9.79. The Labute approximate surface area is 206 Å². The van der Waals surface area contributed by atoms with Crippen molar-refractivity contribution in [1.82, 2.24) is 4.57 Å². The van der Waals surface area contributed by atoms with Gasteiger partial charge < -0.3 is 18.8 Å². The number of fused-ring (bicyclic) bond motifs is 1. The van der Waals surface area contributed by atoms with Crippen molar-refractivity contribution in [1.29, 1.82) is 0 Å². The van der Waals surface area contributed by atoms with E-state index in [9.17, 15) is 9.59 Å². The molecular weight excluding hydrogens is 442 g/mol. The molecule has 1 heterocycles. The maximum Gasteiger partial charge on any atom is 0.323 e. The van der Waals surface area contributed by atoms with E-state index in [2.05, 4.69) is 23.6 Å². The Morgan fingerprint density at radius 2 is 1.54 bits per heavy atom. The average Bonchev–Trinajstić information content (AvgIpc) is 3.03. The number of methoxy groups -OCH3 is 3. The standard InChI is InChI=1S/C29H31NO5/c1-19-20(2)30(18-21-11-13-23(33-3)14-12-21)26-24(22-9-7-6-8-10-22)15-16-29(17-25(19)26,27(31)34-4)28(32)35-5/h6-15H,16-18H2,1-5H3. The van der Waals surface area contributed by atoms with Crippen molar-refractivity contribution in [3.63, 3.8) is 0 Å². The Hall–Kier alpha value is -3.80. The van der Waals surface area contributed by atoms with Gasteiger partial charge in [-0.15, -0.1) is 0 Å². The Morgan fingerprint density at radius 3 is 2.11 bits per heavy atom. The van der Waals surface area contributed by atoms with Gasteiger partial charge in [0.15, 0.2) is 5.41 Å². The lowest BCUT2D eigenvalue weighted by Gasteiger charge is -2.26. The van der Waals surface area contributed by atoms with E-state index in [1.807, 2.05) is 55.5 Å². The van der Waals surface area contributed by atoms with E-state index in [0.717, 1.165) is 45.0 Å². The molecule has 0 radical (unpaired) electrons. The first-order valence-electron chi connectivity index (χ1n) is 11.6. The maximum atomic E-state index is 13.1. The van der Waals surface area contributed by atoms with Crippen LogP contribution in [0.1, 0.15) is 40.1 Å².